The molecular weight excluding hydrogens is 296 g/mol. The molecule has 4 heteroatoms. The normalized spacial score (nSPS) is 13.2. The molecule has 0 saturated heterocycles. The maximum atomic E-state index is 4.82. The van der Waals surface area contributed by atoms with Gasteiger partial charge in [0.05, 0.1) is 5.69 Å². The van der Waals surface area contributed by atoms with Gasteiger partial charge in [0.1, 0.15) is 11.3 Å². The first kappa shape index (κ1) is 14.9. The lowest BCUT2D eigenvalue weighted by atomic mass is 9.97. The van der Waals surface area contributed by atoms with E-state index in [0.717, 1.165) is 23.4 Å². The number of pyridine rings is 2. The van der Waals surface area contributed by atoms with Crippen LogP contribution in [0, 0.1) is 0 Å². The Morgan fingerprint density at radius 2 is 1.67 bits per heavy atom. The fourth-order valence-corrected chi connectivity index (χ4v) is 3.17. The Balaban J connectivity index is 1.60. The number of hydrogen-bond acceptors (Lipinski definition) is 2. The summed E-state index contributed by atoms with van der Waals surface area (Å²) in [5.74, 6) is 0.927. The lowest BCUT2D eigenvalue weighted by Gasteiger charge is -2.10. The number of imidazole rings is 2. The molecule has 0 aliphatic heterocycles. The van der Waals surface area contributed by atoms with Crippen molar-refractivity contribution in [3.8, 4) is 0 Å². The summed E-state index contributed by atoms with van der Waals surface area (Å²) >= 11 is 0. The van der Waals surface area contributed by atoms with Gasteiger partial charge >= 0.3 is 0 Å². The van der Waals surface area contributed by atoms with E-state index in [0.29, 0.717) is 11.8 Å². The van der Waals surface area contributed by atoms with Crippen LogP contribution in [0.2, 0.25) is 0 Å². The van der Waals surface area contributed by atoms with Gasteiger partial charge in [0.25, 0.3) is 0 Å². The zero-order valence-electron chi connectivity index (χ0n) is 14.3. The topological polar surface area (TPSA) is 34.6 Å². The summed E-state index contributed by atoms with van der Waals surface area (Å²) in [7, 11) is 0. The molecule has 0 aromatic carbocycles. The van der Waals surface area contributed by atoms with E-state index in [-0.39, 0.29) is 0 Å². The zero-order valence-corrected chi connectivity index (χ0v) is 14.3. The van der Waals surface area contributed by atoms with Gasteiger partial charge in [-0.1, -0.05) is 20.8 Å². The Hall–Kier alpha value is -2.62. The summed E-state index contributed by atoms with van der Waals surface area (Å²) in [5, 5.41) is 0. The average molecular weight is 318 g/mol. The van der Waals surface area contributed by atoms with Crippen molar-refractivity contribution in [1.82, 2.24) is 18.8 Å². The van der Waals surface area contributed by atoms with Gasteiger partial charge < -0.3 is 8.80 Å². The molecule has 0 amide bonds. The first-order chi connectivity index (χ1) is 11.6. The van der Waals surface area contributed by atoms with E-state index in [9.17, 15) is 0 Å². The van der Waals surface area contributed by atoms with Crippen LogP contribution in [0.4, 0.5) is 0 Å². The van der Waals surface area contributed by atoms with Crippen LogP contribution in [0.25, 0.3) is 11.3 Å². The third-order valence-electron chi connectivity index (χ3n) is 4.71. The number of nitrogens with zero attached hydrogens (tertiary/aromatic N) is 4. The Bertz CT molecular complexity index is 993. The second-order valence-corrected chi connectivity index (χ2v) is 6.87. The van der Waals surface area contributed by atoms with E-state index in [4.69, 9.17) is 4.98 Å². The lowest BCUT2D eigenvalue weighted by Crippen LogP contribution is -2.00. The Kier molecular flexibility index (Phi) is 3.60. The molecule has 4 aromatic heterocycles. The zero-order chi connectivity index (χ0) is 16.7. The summed E-state index contributed by atoms with van der Waals surface area (Å²) in [6.07, 6.45) is 11.1. The highest BCUT2D eigenvalue weighted by Gasteiger charge is 2.11. The van der Waals surface area contributed by atoms with Gasteiger partial charge in [-0.25, -0.2) is 9.97 Å². The summed E-state index contributed by atoms with van der Waals surface area (Å²) in [6.45, 7) is 6.67. The van der Waals surface area contributed by atoms with Gasteiger partial charge in [-0.15, -0.1) is 0 Å². The minimum atomic E-state index is 0.404. The molecule has 1 atom stereocenters. The minimum absolute atomic E-state index is 0.404. The summed E-state index contributed by atoms with van der Waals surface area (Å²) in [6, 6.07) is 8.71. The van der Waals surface area contributed by atoms with Gasteiger partial charge in [0.15, 0.2) is 0 Å². The molecule has 1 unspecified atom stereocenters. The van der Waals surface area contributed by atoms with Gasteiger partial charge in [-0.2, -0.15) is 0 Å². The molecule has 0 aliphatic rings. The maximum Gasteiger partial charge on any atom is 0.137 e. The molecule has 0 N–H and O–H groups in total. The number of aromatic nitrogens is 4. The van der Waals surface area contributed by atoms with E-state index < -0.39 is 0 Å². The van der Waals surface area contributed by atoms with E-state index in [1.807, 2.05) is 16.8 Å². The van der Waals surface area contributed by atoms with Crippen molar-refractivity contribution in [3.63, 3.8) is 0 Å². The van der Waals surface area contributed by atoms with Crippen molar-refractivity contribution in [3.05, 3.63) is 72.1 Å². The lowest BCUT2D eigenvalue weighted by molar-refractivity contribution is 0.744. The van der Waals surface area contributed by atoms with E-state index in [1.165, 1.54) is 11.1 Å². The molecule has 0 fully saturated rings. The standard InChI is InChI=1S/C20H22N4/c1-14(2)16-4-8-24-13-18(22-20(24)11-16)10-15(3)17-5-7-23-9-6-21-19(23)12-17/h4-9,11-15H,10H2,1-3H3. The number of fused-ring (bicyclic) bond motifs is 2. The fraction of sp³-hybridized carbons (Fsp3) is 0.300. The van der Waals surface area contributed by atoms with Crippen LogP contribution in [-0.2, 0) is 6.42 Å². The minimum Gasteiger partial charge on any atom is -0.307 e. The highest BCUT2D eigenvalue weighted by Crippen LogP contribution is 2.22. The largest absolute Gasteiger partial charge is 0.307 e. The monoisotopic (exact) mass is 318 g/mol. The third-order valence-corrected chi connectivity index (χ3v) is 4.71. The molecule has 0 aliphatic carbocycles. The van der Waals surface area contributed by atoms with Crippen LogP contribution in [-0.4, -0.2) is 18.8 Å². The summed E-state index contributed by atoms with van der Waals surface area (Å²) in [4.78, 5) is 9.19. The molecule has 24 heavy (non-hydrogen) atoms. The Morgan fingerprint density at radius 3 is 2.50 bits per heavy atom. The SMILES string of the molecule is CC(C)c1ccn2cc(CC(C)c3ccn4ccnc4c3)nc2c1. The average Bonchev–Trinajstić information content (AvgIpc) is 3.18. The Morgan fingerprint density at radius 1 is 0.917 bits per heavy atom. The van der Waals surface area contributed by atoms with E-state index in [2.05, 4.69) is 73.0 Å². The predicted octanol–water partition coefficient (Wildman–Crippen LogP) is 4.45. The maximum absolute atomic E-state index is 4.82. The molecular formula is C20H22N4. The first-order valence-electron chi connectivity index (χ1n) is 8.50. The molecule has 4 aromatic rings. The van der Waals surface area contributed by atoms with Gasteiger partial charge in [0, 0.05) is 31.0 Å². The van der Waals surface area contributed by atoms with Crippen molar-refractivity contribution >= 4 is 11.3 Å². The molecule has 0 saturated carbocycles. The van der Waals surface area contributed by atoms with Crippen LogP contribution in [0.5, 0.6) is 0 Å². The smallest absolute Gasteiger partial charge is 0.137 e. The van der Waals surface area contributed by atoms with Crippen LogP contribution in [0.3, 0.4) is 0 Å². The van der Waals surface area contributed by atoms with Crippen LogP contribution in [0.1, 0.15) is 49.4 Å². The van der Waals surface area contributed by atoms with Gasteiger partial charge in [-0.3, -0.25) is 0 Å². The molecule has 0 spiro atoms. The fourth-order valence-electron chi connectivity index (χ4n) is 3.17. The van der Waals surface area contributed by atoms with Crippen molar-refractivity contribution in [2.75, 3.05) is 0 Å². The quantitative estimate of drug-likeness (QED) is 0.557. The first-order valence-corrected chi connectivity index (χ1v) is 8.50. The highest BCUT2D eigenvalue weighted by molar-refractivity contribution is 5.45. The molecule has 122 valence electrons. The van der Waals surface area contributed by atoms with Crippen molar-refractivity contribution in [1.29, 1.82) is 0 Å². The second kappa shape index (κ2) is 5.78. The molecule has 0 bridgehead atoms. The molecule has 4 rings (SSSR count). The van der Waals surface area contributed by atoms with Crippen molar-refractivity contribution in [2.24, 2.45) is 0 Å². The predicted molar refractivity (Wildman–Crippen MR) is 96.6 cm³/mol. The van der Waals surface area contributed by atoms with E-state index in [1.54, 1.807) is 0 Å². The van der Waals surface area contributed by atoms with Crippen LogP contribution < -0.4 is 0 Å². The second-order valence-electron chi connectivity index (χ2n) is 6.87. The number of hydrogen-bond donors (Lipinski definition) is 0. The molecule has 4 heterocycles. The Labute approximate surface area is 141 Å². The van der Waals surface area contributed by atoms with Gasteiger partial charge in [-0.05, 0) is 53.6 Å². The van der Waals surface area contributed by atoms with Crippen LogP contribution in [0.15, 0.2) is 55.2 Å². The van der Waals surface area contributed by atoms with Crippen molar-refractivity contribution in [2.45, 2.75) is 39.0 Å². The van der Waals surface area contributed by atoms with Crippen LogP contribution >= 0.6 is 0 Å². The van der Waals surface area contributed by atoms with Gasteiger partial charge in [0.2, 0.25) is 0 Å². The molecule has 4 nitrogen and oxygen atoms in total. The van der Waals surface area contributed by atoms with E-state index >= 15 is 0 Å². The summed E-state index contributed by atoms with van der Waals surface area (Å²) in [5.41, 5.74) is 5.79. The third kappa shape index (κ3) is 2.68. The van der Waals surface area contributed by atoms with Crippen molar-refractivity contribution < 1.29 is 0 Å². The molecule has 0 radical (unpaired) electrons. The summed E-state index contributed by atoms with van der Waals surface area (Å²) < 4.78 is 4.15. The number of rotatable bonds is 4. The highest BCUT2D eigenvalue weighted by atomic mass is 15.0.